The summed E-state index contributed by atoms with van der Waals surface area (Å²) in [4.78, 5) is 14.2. The summed E-state index contributed by atoms with van der Waals surface area (Å²) < 4.78 is 28.0. The second-order valence-electron chi connectivity index (χ2n) is 6.23. The van der Waals surface area contributed by atoms with Crippen molar-refractivity contribution in [1.29, 1.82) is 0 Å². The molecule has 1 heterocycles. The van der Waals surface area contributed by atoms with E-state index >= 15 is 0 Å². The molecule has 0 unspecified atom stereocenters. The molecule has 0 radical (unpaired) electrons. The highest BCUT2D eigenvalue weighted by Gasteiger charge is 2.24. The van der Waals surface area contributed by atoms with Crippen LogP contribution in [-0.4, -0.2) is 51.4 Å². The second kappa shape index (κ2) is 7.81. The molecule has 0 N–H and O–H groups in total. The average molecular weight is 339 g/mol. The maximum Gasteiger partial charge on any atom is 0.222 e. The lowest BCUT2D eigenvalue weighted by atomic mass is 9.98. The van der Waals surface area contributed by atoms with Crippen LogP contribution >= 0.6 is 0 Å². The van der Waals surface area contributed by atoms with Gasteiger partial charge in [-0.1, -0.05) is 18.2 Å². The molecule has 0 aromatic heterocycles. The molecule has 1 amide bonds. The molecule has 2 rings (SSSR count). The summed E-state index contributed by atoms with van der Waals surface area (Å²) in [5.41, 5.74) is 1.04. The summed E-state index contributed by atoms with van der Waals surface area (Å²) in [6.45, 7) is 1.32. The third-order valence-electron chi connectivity index (χ3n) is 4.31. The summed E-state index contributed by atoms with van der Waals surface area (Å²) >= 11 is 0. The van der Waals surface area contributed by atoms with Crippen LogP contribution in [0.5, 0.6) is 5.75 Å². The standard InChI is InChI=1S/C17H25NO4S/c1-22-16-6-4-3-5-15(16)7-8-17(19)18-11-9-14(10-12-18)13-23(2,20)21/h3-6,14H,7-13H2,1-2H3. The van der Waals surface area contributed by atoms with Crippen LogP contribution in [0, 0.1) is 5.92 Å². The summed E-state index contributed by atoms with van der Waals surface area (Å²) in [6, 6.07) is 7.73. The number of rotatable bonds is 6. The topological polar surface area (TPSA) is 63.7 Å². The number of para-hydroxylation sites is 1. The van der Waals surface area contributed by atoms with Gasteiger partial charge in [-0.15, -0.1) is 0 Å². The zero-order valence-corrected chi connectivity index (χ0v) is 14.6. The molecule has 5 nitrogen and oxygen atoms in total. The molecular formula is C17H25NO4S. The van der Waals surface area contributed by atoms with E-state index in [1.165, 1.54) is 6.26 Å². The molecule has 6 heteroatoms. The van der Waals surface area contributed by atoms with Crippen molar-refractivity contribution in [2.75, 3.05) is 32.2 Å². The van der Waals surface area contributed by atoms with Crippen molar-refractivity contribution in [2.45, 2.75) is 25.7 Å². The van der Waals surface area contributed by atoms with Crippen molar-refractivity contribution >= 4 is 15.7 Å². The molecule has 0 atom stereocenters. The molecule has 0 bridgehead atoms. The van der Waals surface area contributed by atoms with E-state index in [1.54, 1.807) is 7.11 Å². The first kappa shape index (κ1) is 17.8. The molecular weight excluding hydrogens is 314 g/mol. The van der Waals surface area contributed by atoms with Crippen LogP contribution in [0.25, 0.3) is 0 Å². The van der Waals surface area contributed by atoms with Crippen LogP contribution in [0.3, 0.4) is 0 Å². The Kier molecular flexibility index (Phi) is 6.04. The van der Waals surface area contributed by atoms with Crippen molar-refractivity contribution in [3.05, 3.63) is 29.8 Å². The average Bonchev–Trinajstić information content (AvgIpc) is 2.52. The van der Waals surface area contributed by atoms with Gasteiger partial charge in [0, 0.05) is 25.8 Å². The van der Waals surface area contributed by atoms with E-state index in [1.807, 2.05) is 29.2 Å². The Morgan fingerprint density at radius 2 is 1.91 bits per heavy atom. The number of methoxy groups -OCH3 is 1. The summed E-state index contributed by atoms with van der Waals surface area (Å²) in [5.74, 6) is 1.36. The van der Waals surface area contributed by atoms with Gasteiger partial charge in [-0.3, -0.25) is 4.79 Å². The minimum atomic E-state index is -2.93. The predicted octanol–water partition coefficient (Wildman–Crippen LogP) is 1.91. The van der Waals surface area contributed by atoms with Gasteiger partial charge in [-0.2, -0.15) is 0 Å². The van der Waals surface area contributed by atoms with Gasteiger partial charge in [0.2, 0.25) is 5.91 Å². The predicted molar refractivity (Wildman–Crippen MR) is 90.3 cm³/mol. The molecule has 23 heavy (non-hydrogen) atoms. The Morgan fingerprint density at radius 1 is 1.26 bits per heavy atom. The van der Waals surface area contributed by atoms with Crippen LogP contribution < -0.4 is 4.74 Å². The van der Waals surface area contributed by atoms with Crippen LogP contribution in [0.2, 0.25) is 0 Å². The SMILES string of the molecule is COc1ccccc1CCC(=O)N1CCC(CS(C)(=O)=O)CC1. The van der Waals surface area contributed by atoms with E-state index < -0.39 is 9.84 Å². The number of aryl methyl sites for hydroxylation is 1. The smallest absolute Gasteiger partial charge is 0.222 e. The Bertz CT molecular complexity index is 634. The van der Waals surface area contributed by atoms with E-state index in [0.717, 1.165) is 24.2 Å². The molecule has 1 saturated heterocycles. The number of hydrogen-bond donors (Lipinski definition) is 0. The first-order valence-electron chi connectivity index (χ1n) is 7.96. The van der Waals surface area contributed by atoms with Crippen molar-refractivity contribution < 1.29 is 17.9 Å². The van der Waals surface area contributed by atoms with Crippen molar-refractivity contribution in [3.8, 4) is 5.75 Å². The van der Waals surface area contributed by atoms with Gasteiger partial charge in [0.15, 0.2) is 0 Å². The summed E-state index contributed by atoms with van der Waals surface area (Å²) in [6.07, 6.45) is 3.93. The first-order chi connectivity index (χ1) is 10.9. The zero-order valence-electron chi connectivity index (χ0n) is 13.8. The lowest BCUT2D eigenvalue weighted by molar-refractivity contribution is -0.132. The highest BCUT2D eigenvalue weighted by molar-refractivity contribution is 7.90. The van der Waals surface area contributed by atoms with Gasteiger partial charge in [-0.25, -0.2) is 8.42 Å². The third kappa shape index (κ3) is 5.53. The van der Waals surface area contributed by atoms with Crippen molar-refractivity contribution in [3.63, 3.8) is 0 Å². The van der Waals surface area contributed by atoms with Gasteiger partial charge >= 0.3 is 0 Å². The third-order valence-corrected chi connectivity index (χ3v) is 5.38. The maximum atomic E-state index is 12.3. The number of amides is 1. The zero-order chi connectivity index (χ0) is 16.9. The Hall–Kier alpha value is -1.56. The van der Waals surface area contributed by atoms with Gasteiger partial charge in [-0.05, 0) is 36.8 Å². The van der Waals surface area contributed by atoms with Crippen LogP contribution in [-0.2, 0) is 21.1 Å². The maximum absolute atomic E-state index is 12.3. The Balaban J connectivity index is 1.81. The molecule has 1 fully saturated rings. The van der Waals surface area contributed by atoms with E-state index in [-0.39, 0.29) is 17.6 Å². The van der Waals surface area contributed by atoms with E-state index in [2.05, 4.69) is 0 Å². The van der Waals surface area contributed by atoms with Crippen LogP contribution in [0.15, 0.2) is 24.3 Å². The molecule has 0 spiro atoms. The highest BCUT2D eigenvalue weighted by Crippen LogP contribution is 2.22. The Morgan fingerprint density at radius 3 is 2.52 bits per heavy atom. The number of carbonyl (C=O) groups excluding carboxylic acids is 1. The summed E-state index contributed by atoms with van der Waals surface area (Å²) in [7, 11) is -1.30. The number of carbonyl (C=O) groups is 1. The quantitative estimate of drug-likeness (QED) is 0.794. The highest BCUT2D eigenvalue weighted by atomic mass is 32.2. The first-order valence-corrected chi connectivity index (χ1v) is 10.0. The molecule has 1 aromatic carbocycles. The van der Waals surface area contributed by atoms with E-state index in [4.69, 9.17) is 4.74 Å². The fraction of sp³-hybridized carbons (Fsp3) is 0.588. The van der Waals surface area contributed by atoms with Crippen LogP contribution in [0.1, 0.15) is 24.8 Å². The number of sulfone groups is 1. The van der Waals surface area contributed by atoms with E-state index in [0.29, 0.717) is 25.9 Å². The van der Waals surface area contributed by atoms with Gasteiger partial charge in [0.05, 0.1) is 12.9 Å². The molecule has 1 aliphatic rings. The largest absolute Gasteiger partial charge is 0.496 e. The number of piperidine rings is 1. The molecule has 1 aliphatic heterocycles. The molecule has 0 aliphatic carbocycles. The monoisotopic (exact) mass is 339 g/mol. The minimum absolute atomic E-state index is 0.133. The fourth-order valence-electron chi connectivity index (χ4n) is 3.09. The summed E-state index contributed by atoms with van der Waals surface area (Å²) in [5, 5.41) is 0. The fourth-order valence-corrected chi connectivity index (χ4v) is 4.28. The normalized spacial score (nSPS) is 16.3. The number of likely N-dealkylation sites (tertiary alicyclic amines) is 1. The Labute approximate surface area is 138 Å². The second-order valence-corrected chi connectivity index (χ2v) is 8.41. The van der Waals surface area contributed by atoms with Gasteiger partial charge < -0.3 is 9.64 Å². The number of hydrogen-bond acceptors (Lipinski definition) is 4. The van der Waals surface area contributed by atoms with Gasteiger partial charge in [0.1, 0.15) is 15.6 Å². The lowest BCUT2D eigenvalue weighted by Gasteiger charge is -2.31. The molecule has 1 aromatic rings. The van der Waals surface area contributed by atoms with Crippen molar-refractivity contribution in [1.82, 2.24) is 4.90 Å². The molecule has 128 valence electrons. The minimum Gasteiger partial charge on any atom is -0.496 e. The number of nitrogens with zero attached hydrogens (tertiary/aromatic N) is 1. The number of ether oxygens (including phenoxy) is 1. The lowest BCUT2D eigenvalue weighted by Crippen LogP contribution is -2.40. The van der Waals surface area contributed by atoms with Crippen molar-refractivity contribution in [2.24, 2.45) is 5.92 Å². The van der Waals surface area contributed by atoms with E-state index in [9.17, 15) is 13.2 Å². The number of benzene rings is 1. The van der Waals surface area contributed by atoms with Crippen LogP contribution in [0.4, 0.5) is 0 Å². The van der Waals surface area contributed by atoms with Gasteiger partial charge in [0.25, 0.3) is 0 Å². The molecule has 0 saturated carbocycles.